The summed E-state index contributed by atoms with van der Waals surface area (Å²) in [5.74, 6) is -1.08. The van der Waals surface area contributed by atoms with Crippen molar-refractivity contribution in [3.63, 3.8) is 0 Å². The molecule has 1 amide bonds. The zero-order chi connectivity index (χ0) is 25.9. The summed E-state index contributed by atoms with van der Waals surface area (Å²) in [6, 6.07) is 20.6. The molecule has 0 saturated carbocycles. The zero-order valence-electron chi connectivity index (χ0n) is 20.0. The number of nitrogens with one attached hydrogen (secondary N) is 2. The summed E-state index contributed by atoms with van der Waals surface area (Å²) < 4.78 is 11.3. The van der Waals surface area contributed by atoms with Crippen LogP contribution < -0.4 is 15.7 Å². The van der Waals surface area contributed by atoms with Crippen molar-refractivity contribution in [2.75, 3.05) is 6.61 Å². The van der Waals surface area contributed by atoms with Crippen LogP contribution >= 0.6 is 0 Å². The number of carboxylic acid groups (broad SMARTS) is 1. The second kappa shape index (κ2) is 10.0. The van der Waals surface area contributed by atoms with E-state index in [2.05, 4.69) is 10.3 Å². The highest BCUT2D eigenvalue weighted by Gasteiger charge is 2.22. The van der Waals surface area contributed by atoms with E-state index >= 15 is 0 Å². The average molecular weight is 497 g/mol. The van der Waals surface area contributed by atoms with Gasteiger partial charge >= 0.3 is 11.6 Å². The molecule has 2 heterocycles. The van der Waals surface area contributed by atoms with Gasteiger partial charge in [-0.15, -0.1) is 0 Å². The van der Waals surface area contributed by atoms with E-state index in [9.17, 15) is 19.5 Å². The molecule has 186 valence electrons. The Morgan fingerprint density at radius 2 is 1.78 bits per heavy atom. The number of benzene rings is 3. The summed E-state index contributed by atoms with van der Waals surface area (Å²) in [5.41, 5.74) is 2.64. The van der Waals surface area contributed by atoms with E-state index in [1.165, 1.54) is 0 Å². The Kier molecular flexibility index (Phi) is 6.47. The Morgan fingerprint density at radius 3 is 2.59 bits per heavy atom. The molecule has 0 radical (unpaired) electrons. The molecule has 0 spiro atoms. The maximum absolute atomic E-state index is 12.7. The molecule has 0 fully saturated rings. The highest BCUT2D eigenvalue weighted by Crippen LogP contribution is 2.32. The van der Waals surface area contributed by atoms with Crippen LogP contribution in [-0.2, 0) is 16.0 Å². The molecule has 37 heavy (non-hydrogen) atoms. The number of para-hydroxylation sites is 1. The summed E-state index contributed by atoms with van der Waals surface area (Å²) in [7, 11) is 0. The number of carbonyl (C=O) groups excluding carboxylic acids is 1. The number of hydrogen-bond acceptors (Lipinski definition) is 5. The minimum Gasteiger partial charge on any atom is -0.483 e. The molecule has 2 aromatic heterocycles. The number of carboxylic acids is 1. The van der Waals surface area contributed by atoms with Crippen molar-refractivity contribution in [2.45, 2.75) is 19.4 Å². The molecular formula is C29H24N2O6. The fourth-order valence-corrected chi connectivity index (χ4v) is 4.33. The lowest BCUT2D eigenvalue weighted by Gasteiger charge is -2.16. The van der Waals surface area contributed by atoms with Crippen LogP contribution in [0.1, 0.15) is 11.1 Å². The predicted molar refractivity (Wildman–Crippen MR) is 140 cm³/mol. The third kappa shape index (κ3) is 5.08. The number of rotatable bonds is 8. The minimum absolute atomic E-state index is 0.114. The number of aryl methyl sites for hydroxylation is 1. The largest absolute Gasteiger partial charge is 0.483 e. The van der Waals surface area contributed by atoms with Crippen LogP contribution in [-0.4, -0.2) is 34.6 Å². The van der Waals surface area contributed by atoms with Crippen LogP contribution in [0.4, 0.5) is 0 Å². The maximum atomic E-state index is 12.7. The van der Waals surface area contributed by atoms with E-state index in [1.807, 2.05) is 49.4 Å². The van der Waals surface area contributed by atoms with Crippen molar-refractivity contribution in [1.29, 1.82) is 0 Å². The van der Waals surface area contributed by atoms with Crippen LogP contribution in [0.2, 0.25) is 0 Å². The molecule has 0 saturated heterocycles. The van der Waals surface area contributed by atoms with Gasteiger partial charge in [0.25, 0.3) is 5.91 Å². The average Bonchev–Trinajstić information content (AvgIpc) is 3.30. The molecule has 1 unspecified atom stereocenters. The molecule has 0 aliphatic heterocycles. The van der Waals surface area contributed by atoms with Crippen LogP contribution in [0.25, 0.3) is 33.0 Å². The van der Waals surface area contributed by atoms with E-state index in [4.69, 9.17) is 9.15 Å². The van der Waals surface area contributed by atoms with Crippen LogP contribution in [0.3, 0.4) is 0 Å². The molecule has 5 rings (SSSR count). The number of amides is 1. The van der Waals surface area contributed by atoms with E-state index < -0.39 is 30.2 Å². The molecular weight excluding hydrogens is 472 g/mol. The van der Waals surface area contributed by atoms with Gasteiger partial charge in [0.15, 0.2) is 6.61 Å². The molecule has 0 aliphatic rings. The van der Waals surface area contributed by atoms with Crippen molar-refractivity contribution in [3.05, 3.63) is 101 Å². The Morgan fingerprint density at radius 1 is 1.03 bits per heavy atom. The first-order chi connectivity index (χ1) is 17.9. The summed E-state index contributed by atoms with van der Waals surface area (Å²) in [5, 5.41) is 14.3. The molecule has 1 atom stereocenters. The van der Waals surface area contributed by atoms with Crippen molar-refractivity contribution in [1.82, 2.24) is 10.3 Å². The zero-order valence-corrected chi connectivity index (χ0v) is 20.0. The topological polar surface area (TPSA) is 122 Å². The smallest absolute Gasteiger partial charge is 0.344 e. The first kappa shape index (κ1) is 23.9. The predicted octanol–water partition coefficient (Wildman–Crippen LogP) is 4.44. The van der Waals surface area contributed by atoms with E-state index in [1.54, 1.807) is 36.5 Å². The Hall–Kier alpha value is -4.85. The number of fused-ring (bicyclic) bond motifs is 2. The minimum atomic E-state index is -1.15. The number of H-pyrrole nitrogens is 1. The van der Waals surface area contributed by atoms with Crippen molar-refractivity contribution in [3.8, 4) is 17.1 Å². The van der Waals surface area contributed by atoms with E-state index in [0.29, 0.717) is 22.5 Å². The van der Waals surface area contributed by atoms with E-state index in [0.717, 1.165) is 27.4 Å². The van der Waals surface area contributed by atoms with Crippen molar-refractivity contribution < 1.29 is 23.8 Å². The number of ether oxygens (including phenoxy) is 1. The van der Waals surface area contributed by atoms with Gasteiger partial charge in [-0.3, -0.25) is 4.79 Å². The van der Waals surface area contributed by atoms with Gasteiger partial charge in [0.2, 0.25) is 0 Å². The highest BCUT2D eigenvalue weighted by molar-refractivity contribution is 5.88. The van der Waals surface area contributed by atoms with E-state index in [-0.39, 0.29) is 6.42 Å². The number of carbonyl (C=O) groups is 2. The SMILES string of the molecule is Cc1ccc(OCC(=O)NC(Cc2c[nH]c3ccccc23)C(=O)O)c(-c2cc3ccccc3c(=O)o2)c1. The van der Waals surface area contributed by atoms with Gasteiger partial charge in [-0.1, -0.05) is 48.0 Å². The third-order valence-corrected chi connectivity index (χ3v) is 6.16. The Balaban J connectivity index is 1.33. The molecule has 8 nitrogen and oxygen atoms in total. The first-order valence-corrected chi connectivity index (χ1v) is 11.7. The lowest BCUT2D eigenvalue weighted by molar-refractivity contribution is -0.142. The fourth-order valence-electron chi connectivity index (χ4n) is 4.33. The second-order valence-corrected chi connectivity index (χ2v) is 8.80. The highest BCUT2D eigenvalue weighted by atomic mass is 16.5. The summed E-state index contributed by atoms with van der Waals surface area (Å²) in [6.45, 7) is 1.48. The number of aromatic amines is 1. The molecule has 5 aromatic rings. The van der Waals surface area contributed by atoms with Gasteiger partial charge in [0, 0.05) is 23.5 Å². The lowest BCUT2D eigenvalue weighted by Crippen LogP contribution is -2.44. The molecule has 3 aromatic carbocycles. The third-order valence-electron chi connectivity index (χ3n) is 6.16. The number of aliphatic carboxylic acids is 1. The molecule has 3 N–H and O–H groups in total. The van der Waals surface area contributed by atoms with Crippen LogP contribution in [0.5, 0.6) is 5.75 Å². The van der Waals surface area contributed by atoms with Gasteiger partial charge < -0.3 is 24.6 Å². The summed E-state index contributed by atoms with van der Waals surface area (Å²) in [4.78, 5) is 40.2. The van der Waals surface area contributed by atoms with Crippen molar-refractivity contribution in [2.24, 2.45) is 0 Å². The van der Waals surface area contributed by atoms with Crippen LogP contribution in [0.15, 0.2) is 88.2 Å². The molecule has 0 bridgehead atoms. The summed E-state index contributed by atoms with van der Waals surface area (Å²) in [6.07, 6.45) is 1.86. The molecule has 0 aliphatic carbocycles. The van der Waals surface area contributed by atoms with Crippen LogP contribution in [0, 0.1) is 6.92 Å². The second-order valence-electron chi connectivity index (χ2n) is 8.80. The summed E-state index contributed by atoms with van der Waals surface area (Å²) >= 11 is 0. The van der Waals surface area contributed by atoms with Crippen molar-refractivity contribution >= 4 is 33.6 Å². The fraction of sp³-hybridized carbons (Fsp3) is 0.138. The van der Waals surface area contributed by atoms with Gasteiger partial charge in [0.05, 0.1) is 10.9 Å². The normalized spacial score (nSPS) is 11.9. The lowest BCUT2D eigenvalue weighted by atomic mass is 10.0. The van der Waals surface area contributed by atoms with Gasteiger partial charge in [-0.2, -0.15) is 0 Å². The Bertz CT molecular complexity index is 1680. The monoisotopic (exact) mass is 496 g/mol. The quantitative estimate of drug-likeness (QED) is 0.292. The van der Waals surface area contributed by atoms with Gasteiger partial charge in [-0.25, -0.2) is 9.59 Å². The van der Waals surface area contributed by atoms with Gasteiger partial charge in [-0.05, 0) is 48.2 Å². The molecule has 8 heteroatoms. The number of hydrogen-bond donors (Lipinski definition) is 3. The van der Waals surface area contributed by atoms with Gasteiger partial charge in [0.1, 0.15) is 17.6 Å². The first-order valence-electron chi connectivity index (χ1n) is 11.7. The Labute approximate surface area is 211 Å². The standard InChI is InChI=1S/C29H24N2O6/c1-17-10-11-25(22(12-17)26-14-18-6-2-3-8-21(18)29(35)37-26)36-16-27(32)31-24(28(33)34)13-19-15-30-23-9-5-4-7-20(19)23/h2-12,14-15,24,30H,13,16H2,1H3,(H,31,32)(H,33,34). The number of aromatic nitrogens is 1. The maximum Gasteiger partial charge on any atom is 0.344 e.